The van der Waals surface area contributed by atoms with Crippen LogP contribution < -0.4 is 0 Å². The van der Waals surface area contributed by atoms with Crippen LogP contribution in [0.3, 0.4) is 0 Å². The molecule has 0 saturated carbocycles. The monoisotopic (exact) mass is 320 g/mol. The highest BCUT2D eigenvalue weighted by Gasteiger charge is 2.41. The zero-order valence-corrected chi connectivity index (χ0v) is 12.2. The summed E-state index contributed by atoms with van der Waals surface area (Å²) in [5, 5.41) is 23.1. The maximum atomic E-state index is 14.3. The van der Waals surface area contributed by atoms with Crippen LogP contribution in [0.4, 0.5) is 8.78 Å². The van der Waals surface area contributed by atoms with Gasteiger partial charge in [-0.15, -0.1) is 0 Å². The zero-order chi connectivity index (χ0) is 16.4. The summed E-state index contributed by atoms with van der Waals surface area (Å²) in [5.41, 5.74) is -1.83. The van der Waals surface area contributed by atoms with Crippen LogP contribution in [-0.2, 0) is 12.1 Å². The van der Waals surface area contributed by atoms with Crippen molar-refractivity contribution in [2.45, 2.75) is 25.1 Å². The average molecular weight is 320 g/mol. The number of benzene rings is 1. The minimum atomic E-state index is -1.76. The molecule has 9 heteroatoms. The van der Waals surface area contributed by atoms with Gasteiger partial charge < -0.3 is 5.11 Å². The number of hydrogen-bond acceptors (Lipinski definition) is 5. The zero-order valence-electron chi connectivity index (χ0n) is 12.2. The highest BCUT2D eigenvalue weighted by Crippen LogP contribution is 2.35. The van der Waals surface area contributed by atoms with Gasteiger partial charge in [-0.25, -0.2) is 18.4 Å². The van der Waals surface area contributed by atoms with Gasteiger partial charge in [-0.1, -0.05) is 6.07 Å². The second kappa shape index (κ2) is 5.84. The molecule has 2 aromatic heterocycles. The summed E-state index contributed by atoms with van der Waals surface area (Å²) >= 11 is 0. The fraction of sp³-hybridized carbons (Fsp3) is 0.286. The van der Waals surface area contributed by atoms with E-state index in [1.165, 1.54) is 40.6 Å². The van der Waals surface area contributed by atoms with Crippen LogP contribution in [0.15, 0.2) is 43.2 Å². The van der Waals surface area contributed by atoms with Crippen LogP contribution in [0.2, 0.25) is 0 Å². The van der Waals surface area contributed by atoms with Crippen molar-refractivity contribution in [3.63, 3.8) is 0 Å². The fourth-order valence-corrected chi connectivity index (χ4v) is 2.46. The van der Waals surface area contributed by atoms with E-state index in [9.17, 15) is 13.9 Å². The molecule has 0 fully saturated rings. The van der Waals surface area contributed by atoms with Gasteiger partial charge in [-0.05, 0) is 13.0 Å². The van der Waals surface area contributed by atoms with Crippen molar-refractivity contribution in [2.24, 2.45) is 0 Å². The molecule has 2 heterocycles. The lowest BCUT2D eigenvalue weighted by Gasteiger charge is -2.34. The van der Waals surface area contributed by atoms with Crippen molar-refractivity contribution in [3.8, 4) is 0 Å². The summed E-state index contributed by atoms with van der Waals surface area (Å²) in [6.45, 7) is 1.54. The minimum absolute atomic E-state index is 0.0702. The predicted molar refractivity (Wildman–Crippen MR) is 75.0 cm³/mol. The maximum Gasteiger partial charge on any atom is 0.137 e. The first kappa shape index (κ1) is 15.2. The molecular weight excluding hydrogens is 306 g/mol. The molecule has 2 atom stereocenters. The predicted octanol–water partition coefficient (Wildman–Crippen LogP) is 1.30. The third-order valence-electron chi connectivity index (χ3n) is 3.74. The van der Waals surface area contributed by atoms with E-state index in [4.69, 9.17) is 0 Å². The summed E-state index contributed by atoms with van der Waals surface area (Å²) in [6.07, 6.45) is 5.61. The van der Waals surface area contributed by atoms with Gasteiger partial charge in [0, 0.05) is 11.6 Å². The summed E-state index contributed by atoms with van der Waals surface area (Å²) < 4.78 is 28.9. The molecule has 0 saturated heterocycles. The Labute approximate surface area is 130 Å². The van der Waals surface area contributed by atoms with E-state index in [0.29, 0.717) is 0 Å². The number of hydrogen-bond donors (Lipinski definition) is 1. The number of aliphatic hydroxyl groups is 1. The Morgan fingerprint density at radius 3 is 2.57 bits per heavy atom. The van der Waals surface area contributed by atoms with Crippen molar-refractivity contribution in [2.75, 3.05) is 0 Å². The first-order valence-corrected chi connectivity index (χ1v) is 6.87. The Bertz CT molecular complexity index is 777. The Morgan fingerprint density at radius 2 is 1.96 bits per heavy atom. The van der Waals surface area contributed by atoms with Crippen LogP contribution in [-0.4, -0.2) is 34.9 Å². The van der Waals surface area contributed by atoms with Crippen LogP contribution in [0.1, 0.15) is 18.5 Å². The first-order valence-electron chi connectivity index (χ1n) is 6.87. The van der Waals surface area contributed by atoms with Gasteiger partial charge in [-0.2, -0.15) is 20.1 Å². The Hall–Kier alpha value is -2.68. The summed E-state index contributed by atoms with van der Waals surface area (Å²) in [4.78, 5) is 5.07. The topological polar surface area (TPSA) is 81.6 Å². The second-order valence-corrected chi connectivity index (χ2v) is 5.17. The highest BCUT2D eigenvalue weighted by atomic mass is 19.1. The van der Waals surface area contributed by atoms with E-state index in [1.807, 2.05) is 0 Å². The van der Waals surface area contributed by atoms with Crippen molar-refractivity contribution in [1.29, 1.82) is 0 Å². The normalized spacial score (nSPS) is 15.3. The lowest BCUT2D eigenvalue weighted by molar-refractivity contribution is -0.0413. The van der Waals surface area contributed by atoms with Crippen molar-refractivity contribution in [1.82, 2.24) is 29.8 Å². The minimum Gasteiger partial charge on any atom is -0.381 e. The van der Waals surface area contributed by atoms with Gasteiger partial charge in [-0.3, -0.25) is 0 Å². The number of nitrogens with zero attached hydrogens (tertiary/aromatic N) is 6. The molecule has 0 aliphatic carbocycles. The van der Waals surface area contributed by atoms with Gasteiger partial charge in [0.25, 0.3) is 0 Å². The molecule has 3 rings (SSSR count). The first-order chi connectivity index (χ1) is 11.0. The number of halogens is 2. The highest BCUT2D eigenvalue weighted by molar-refractivity contribution is 5.26. The second-order valence-electron chi connectivity index (χ2n) is 5.17. The summed E-state index contributed by atoms with van der Waals surface area (Å²) in [5.74, 6) is -1.58. The number of rotatable bonds is 5. The van der Waals surface area contributed by atoms with E-state index >= 15 is 0 Å². The Kier molecular flexibility index (Phi) is 3.87. The molecule has 0 amide bonds. The smallest absolute Gasteiger partial charge is 0.137 e. The lowest BCUT2D eigenvalue weighted by atomic mass is 9.86. The van der Waals surface area contributed by atoms with E-state index in [-0.39, 0.29) is 12.1 Å². The van der Waals surface area contributed by atoms with E-state index in [2.05, 4.69) is 20.3 Å². The summed E-state index contributed by atoms with van der Waals surface area (Å²) in [7, 11) is 0. The van der Waals surface area contributed by atoms with Gasteiger partial charge in [0.2, 0.25) is 0 Å². The Balaban J connectivity index is 2.08. The molecule has 0 unspecified atom stereocenters. The van der Waals surface area contributed by atoms with Gasteiger partial charge in [0.1, 0.15) is 35.9 Å². The van der Waals surface area contributed by atoms with Crippen molar-refractivity contribution < 1.29 is 13.9 Å². The maximum absolute atomic E-state index is 14.3. The average Bonchev–Trinajstić information content (AvgIpc) is 3.19. The van der Waals surface area contributed by atoms with E-state index in [0.717, 1.165) is 12.1 Å². The molecular formula is C14H14F2N6O. The van der Waals surface area contributed by atoms with Crippen LogP contribution in [0, 0.1) is 11.6 Å². The fourth-order valence-electron chi connectivity index (χ4n) is 2.46. The molecule has 0 spiro atoms. The van der Waals surface area contributed by atoms with Crippen LogP contribution in [0.5, 0.6) is 0 Å². The molecule has 0 bridgehead atoms. The van der Waals surface area contributed by atoms with E-state index in [1.54, 1.807) is 6.92 Å². The molecule has 7 nitrogen and oxygen atoms in total. The van der Waals surface area contributed by atoms with Crippen molar-refractivity contribution in [3.05, 3.63) is 60.4 Å². The van der Waals surface area contributed by atoms with Crippen LogP contribution in [0.25, 0.3) is 0 Å². The molecule has 1 N–H and O–H groups in total. The molecule has 23 heavy (non-hydrogen) atoms. The van der Waals surface area contributed by atoms with E-state index < -0.39 is 23.3 Å². The molecule has 120 valence electrons. The Morgan fingerprint density at radius 1 is 1.22 bits per heavy atom. The lowest BCUT2D eigenvalue weighted by Crippen LogP contribution is -2.41. The van der Waals surface area contributed by atoms with Gasteiger partial charge in [0.15, 0.2) is 0 Å². The largest absolute Gasteiger partial charge is 0.381 e. The van der Waals surface area contributed by atoms with Crippen LogP contribution >= 0.6 is 0 Å². The van der Waals surface area contributed by atoms with Gasteiger partial charge >= 0.3 is 0 Å². The molecule has 0 aliphatic rings. The standard InChI is InChI=1S/C14H14F2N6O/c1-10(22-18-4-5-19-22)14(23,7-21-9-17-8-20-21)12-3-2-11(15)6-13(12)16/h2-6,8-10,23H,7H2,1H3/t10-,14-/m1/s1. The number of aromatic nitrogens is 6. The van der Waals surface area contributed by atoms with Crippen molar-refractivity contribution >= 4 is 0 Å². The molecule has 0 aliphatic heterocycles. The quantitative estimate of drug-likeness (QED) is 0.766. The summed E-state index contributed by atoms with van der Waals surface area (Å²) in [6, 6.07) is 2.29. The SMILES string of the molecule is C[C@@H](n1nccn1)[C@](O)(Cn1cncn1)c1ccc(F)cc1F. The molecule has 0 radical (unpaired) electrons. The molecule has 1 aromatic carbocycles. The molecule has 3 aromatic rings. The third-order valence-corrected chi connectivity index (χ3v) is 3.74. The third kappa shape index (κ3) is 2.82. The van der Waals surface area contributed by atoms with Gasteiger partial charge in [0.05, 0.1) is 18.9 Å².